The van der Waals surface area contributed by atoms with Crippen LogP contribution in [0, 0.1) is 6.92 Å². The second-order valence-electron chi connectivity index (χ2n) is 5.37. The number of rotatable bonds is 0. The van der Waals surface area contributed by atoms with Gasteiger partial charge in [0.05, 0.1) is 5.52 Å². The second-order valence-corrected chi connectivity index (χ2v) is 5.37. The van der Waals surface area contributed by atoms with Crippen LogP contribution in [0.5, 0.6) is 0 Å². The van der Waals surface area contributed by atoms with Crippen LogP contribution in [-0.2, 0) is 0 Å². The first-order valence-electron chi connectivity index (χ1n) is 6.74. The third kappa shape index (κ3) is 1.08. The van der Waals surface area contributed by atoms with E-state index in [2.05, 4.69) is 36.2 Å². The van der Waals surface area contributed by atoms with E-state index in [0.29, 0.717) is 0 Å². The Bertz CT molecular complexity index is 1100. The molecule has 3 aromatic carbocycles. The molecule has 20 heavy (non-hydrogen) atoms. The Hall–Kier alpha value is -2.61. The molecular weight excluding hydrogens is 246 g/mol. The molecule has 5 rings (SSSR count). The second kappa shape index (κ2) is 3.28. The summed E-state index contributed by atoms with van der Waals surface area (Å²) in [7, 11) is 0. The lowest BCUT2D eigenvalue weighted by Crippen LogP contribution is -1.86. The number of fused-ring (bicyclic) bond motifs is 3. The Morgan fingerprint density at radius 2 is 1.55 bits per heavy atom. The third-order valence-corrected chi connectivity index (χ3v) is 4.09. The molecule has 0 unspecified atom stereocenters. The molecule has 2 heteroatoms. The first-order chi connectivity index (χ1) is 9.83. The molecule has 0 fully saturated rings. The van der Waals surface area contributed by atoms with E-state index in [1.165, 1.54) is 32.5 Å². The zero-order valence-corrected chi connectivity index (χ0v) is 11.0. The average Bonchev–Trinajstić information content (AvgIpc) is 2.85. The topological polar surface area (TPSA) is 26.0 Å². The van der Waals surface area contributed by atoms with Crippen LogP contribution in [0.4, 0.5) is 0 Å². The minimum absolute atomic E-state index is 0.943. The van der Waals surface area contributed by atoms with E-state index in [9.17, 15) is 0 Å². The molecule has 94 valence electrons. The highest BCUT2D eigenvalue weighted by Gasteiger charge is 2.16. The number of aryl methyl sites for hydroxylation is 1. The van der Waals surface area contributed by atoms with Gasteiger partial charge in [-0.25, -0.2) is 0 Å². The predicted octanol–water partition coefficient (Wildman–Crippen LogP) is 5.03. The smallest absolute Gasteiger partial charge is 0.136 e. The Morgan fingerprint density at radius 1 is 0.850 bits per heavy atom. The molecule has 0 N–H and O–H groups in total. The molecule has 0 atom stereocenters. The van der Waals surface area contributed by atoms with Gasteiger partial charge in [0.25, 0.3) is 0 Å². The summed E-state index contributed by atoms with van der Waals surface area (Å²) in [5, 5.41) is 6.03. The van der Waals surface area contributed by atoms with Crippen molar-refractivity contribution in [3.8, 4) is 0 Å². The van der Waals surface area contributed by atoms with E-state index in [-0.39, 0.29) is 0 Å². The van der Waals surface area contributed by atoms with Crippen LogP contribution in [0.15, 0.2) is 53.1 Å². The maximum absolute atomic E-state index is 5.99. The lowest BCUT2D eigenvalue weighted by atomic mass is 9.97. The van der Waals surface area contributed by atoms with Crippen molar-refractivity contribution in [2.24, 2.45) is 0 Å². The van der Waals surface area contributed by atoms with Crippen molar-refractivity contribution in [3.05, 3.63) is 54.2 Å². The van der Waals surface area contributed by atoms with Crippen molar-refractivity contribution in [1.29, 1.82) is 0 Å². The van der Waals surface area contributed by atoms with Gasteiger partial charge < -0.3 is 4.42 Å². The van der Waals surface area contributed by atoms with Crippen molar-refractivity contribution in [2.45, 2.75) is 6.92 Å². The maximum Gasteiger partial charge on any atom is 0.136 e. The van der Waals surface area contributed by atoms with E-state index in [1.807, 2.05) is 24.4 Å². The van der Waals surface area contributed by atoms with Crippen molar-refractivity contribution in [1.82, 2.24) is 4.98 Å². The van der Waals surface area contributed by atoms with Gasteiger partial charge in [0.2, 0.25) is 0 Å². The molecular formula is C18H11NO. The Kier molecular flexibility index (Phi) is 1.68. The lowest BCUT2D eigenvalue weighted by molar-refractivity contribution is 0.669. The SMILES string of the molecule is Cc1cnc2c(c1)c1cccc3oc4cccc2c4c31. The fourth-order valence-corrected chi connectivity index (χ4v) is 3.28. The average molecular weight is 257 g/mol. The summed E-state index contributed by atoms with van der Waals surface area (Å²) >= 11 is 0. The Balaban J connectivity index is 2.30. The van der Waals surface area contributed by atoms with Crippen LogP contribution >= 0.6 is 0 Å². The molecule has 5 aromatic rings. The highest BCUT2D eigenvalue weighted by molar-refractivity contribution is 6.32. The molecule has 0 aliphatic rings. The fraction of sp³-hybridized carbons (Fsp3) is 0.0556. The minimum atomic E-state index is 0.943. The quantitative estimate of drug-likeness (QED) is 0.363. The molecule has 0 saturated carbocycles. The summed E-state index contributed by atoms with van der Waals surface area (Å²) < 4.78 is 5.99. The molecule has 0 radical (unpaired) electrons. The molecule has 2 heterocycles. The first kappa shape index (κ1) is 10.2. The largest absolute Gasteiger partial charge is 0.456 e. The normalized spacial score (nSPS) is 12.2. The van der Waals surface area contributed by atoms with Crippen molar-refractivity contribution in [3.63, 3.8) is 0 Å². The number of hydrogen-bond donors (Lipinski definition) is 0. The highest BCUT2D eigenvalue weighted by atomic mass is 16.3. The molecule has 0 saturated heterocycles. The van der Waals surface area contributed by atoms with Crippen LogP contribution in [0.25, 0.3) is 43.6 Å². The molecule has 2 aromatic heterocycles. The van der Waals surface area contributed by atoms with Gasteiger partial charge in [-0.2, -0.15) is 0 Å². The van der Waals surface area contributed by atoms with Crippen LogP contribution in [0.3, 0.4) is 0 Å². The van der Waals surface area contributed by atoms with Gasteiger partial charge in [0.1, 0.15) is 11.2 Å². The van der Waals surface area contributed by atoms with E-state index in [4.69, 9.17) is 4.42 Å². The zero-order chi connectivity index (χ0) is 13.3. The van der Waals surface area contributed by atoms with Gasteiger partial charge >= 0.3 is 0 Å². The number of furan rings is 1. The highest BCUT2D eigenvalue weighted by Crippen LogP contribution is 2.41. The molecule has 2 nitrogen and oxygen atoms in total. The molecule has 0 aliphatic carbocycles. The van der Waals surface area contributed by atoms with Crippen molar-refractivity contribution in [2.75, 3.05) is 0 Å². The number of pyridine rings is 1. The summed E-state index contributed by atoms with van der Waals surface area (Å²) in [6.45, 7) is 2.08. The molecule has 0 spiro atoms. The standard InChI is InChI=1S/C18H11NO/c1-10-8-13-11-4-2-6-14-16(11)17-12(18(13)19-9-10)5-3-7-15(17)20-14/h2-9H,1H3. The van der Waals surface area contributed by atoms with Crippen molar-refractivity contribution < 1.29 is 4.42 Å². The monoisotopic (exact) mass is 257 g/mol. The van der Waals surface area contributed by atoms with Crippen LogP contribution in [-0.4, -0.2) is 4.98 Å². The Labute approximate surface area is 115 Å². The summed E-state index contributed by atoms with van der Waals surface area (Å²) in [5.41, 5.74) is 4.14. The van der Waals surface area contributed by atoms with Gasteiger partial charge in [0.15, 0.2) is 0 Å². The minimum Gasteiger partial charge on any atom is -0.456 e. The number of hydrogen-bond acceptors (Lipinski definition) is 2. The van der Waals surface area contributed by atoms with E-state index in [0.717, 1.165) is 16.7 Å². The molecule has 0 aliphatic heterocycles. The summed E-state index contributed by atoms with van der Waals surface area (Å²) in [4.78, 5) is 4.67. The zero-order valence-electron chi connectivity index (χ0n) is 11.0. The van der Waals surface area contributed by atoms with Gasteiger partial charge in [-0.15, -0.1) is 0 Å². The van der Waals surface area contributed by atoms with E-state index in [1.54, 1.807) is 0 Å². The van der Waals surface area contributed by atoms with Crippen LogP contribution in [0.1, 0.15) is 5.56 Å². The predicted molar refractivity (Wildman–Crippen MR) is 82.5 cm³/mol. The summed E-state index contributed by atoms with van der Waals surface area (Å²) in [6.07, 6.45) is 1.93. The van der Waals surface area contributed by atoms with Crippen LogP contribution < -0.4 is 0 Å². The van der Waals surface area contributed by atoms with E-state index < -0.39 is 0 Å². The number of benzene rings is 3. The van der Waals surface area contributed by atoms with Gasteiger partial charge in [-0.05, 0) is 36.1 Å². The summed E-state index contributed by atoms with van der Waals surface area (Å²) in [6, 6.07) is 14.7. The fourth-order valence-electron chi connectivity index (χ4n) is 3.28. The first-order valence-corrected chi connectivity index (χ1v) is 6.74. The van der Waals surface area contributed by atoms with Gasteiger partial charge in [0, 0.05) is 27.7 Å². The molecule has 0 amide bonds. The van der Waals surface area contributed by atoms with Gasteiger partial charge in [-0.3, -0.25) is 4.98 Å². The maximum atomic E-state index is 5.99. The van der Waals surface area contributed by atoms with Gasteiger partial charge in [-0.1, -0.05) is 24.3 Å². The van der Waals surface area contributed by atoms with Crippen LogP contribution in [0.2, 0.25) is 0 Å². The number of aromatic nitrogens is 1. The molecule has 0 bridgehead atoms. The third-order valence-electron chi connectivity index (χ3n) is 4.09. The Morgan fingerprint density at radius 3 is 2.35 bits per heavy atom. The van der Waals surface area contributed by atoms with E-state index >= 15 is 0 Å². The lowest BCUT2D eigenvalue weighted by Gasteiger charge is -2.07. The number of nitrogens with zero attached hydrogens (tertiary/aromatic N) is 1. The van der Waals surface area contributed by atoms with Crippen molar-refractivity contribution >= 4 is 43.6 Å². The summed E-state index contributed by atoms with van der Waals surface area (Å²) in [5.74, 6) is 0.